The molecule has 8 amide bonds. The van der Waals surface area contributed by atoms with Crippen molar-refractivity contribution in [1.29, 1.82) is 0 Å². The van der Waals surface area contributed by atoms with Crippen molar-refractivity contribution < 1.29 is 48.3 Å². The molecule has 9 N–H and O–H groups in total. The standard InChI is InChI=1S/C53H75N15O10/c1-7-8-9-10-11-12-13-14-15-16-17-18-19-20-43(69)60-41-33-67(5)47(62-41)52(77)58-37-29-40(66(4)32-37)50(75)55-25-22-45(71)61-42-34-68(6)48(63-42)53(78)59-36-28-39(65(3)31-36)49(74)54-24-21-44(70)57-35-27-38(64(2)30-35)51(76)56-26-23-46(72)73/h27-34H,7-26H2,1-6H3,(H,54,74)(H,55,75)(H,56,76)(H,57,70)(H,58,77)(H,59,78)(H,60,69)(H,61,71)(H,72,73). The number of rotatable bonds is 33. The van der Waals surface area contributed by atoms with E-state index < -0.39 is 47.3 Å². The molecule has 0 bridgehead atoms. The second-order valence-electron chi connectivity index (χ2n) is 19.3. The van der Waals surface area contributed by atoms with Gasteiger partial charge in [0.05, 0.1) is 23.5 Å². The summed E-state index contributed by atoms with van der Waals surface area (Å²) in [7, 11) is 8.03. The van der Waals surface area contributed by atoms with E-state index in [1.165, 1.54) is 124 Å². The fourth-order valence-corrected chi connectivity index (χ4v) is 8.50. The summed E-state index contributed by atoms with van der Waals surface area (Å²) in [6.45, 7) is 2.10. The number of imidazole rings is 2. The Labute approximate surface area is 453 Å². The Morgan fingerprint density at radius 3 is 1.12 bits per heavy atom. The second kappa shape index (κ2) is 30.3. The third kappa shape index (κ3) is 19.3. The average molecular weight is 1080 g/mol. The van der Waals surface area contributed by atoms with E-state index in [4.69, 9.17) is 5.11 Å². The van der Waals surface area contributed by atoms with Gasteiger partial charge >= 0.3 is 5.97 Å². The molecule has 25 nitrogen and oxygen atoms in total. The van der Waals surface area contributed by atoms with E-state index in [1.807, 2.05) is 0 Å². The van der Waals surface area contributed by atoms with Crippen LogP contribution >= 0.6 is 0 Å². The predicted molar refractivity (Wildman–Crippen MR) is 293 cm³/mol. The molecule has 0 atom stereocenters. The highest BCUT2D eigenvalue weighted by Gasteiger charge is 2.22. The molecule has 0 aliphatic rings. The molecule has 0 unspecified atom stereocenters. The van der Waals surface area contributed by atoms with Crippen LogP contribution in [0.3, 0.4) is 0 Å². The summed E-state index contributed by atoms with van der Waals surface area (Å²) in [5, 5.41) is 30.1. The van der Waals surface area contributed by atoms with Crippen LogP contribution < -0.4 is 42.5 Å². The molecule has 5 aromatic heterocycles. The Morgan fingerprint density at radius 1 is 0.397 bits per heavy atom. The number of aryl methyl sites for hydroxylation is 5. The first-order valence-corrected chi connectivity index (χ1v) is 26.5. The van der Waals surface area contributed by atoms with Crippen molar-refractivity contribution in [3.05, 3.63) is 77.9 Å². The summed E-state index contributed by atoms with van der Waals surface area (Å²) in [5.41, 5.74) is 1.54. The Hall–Kier alpha value is -8.51. The van der Waals surface area contributed by atoms with Crippen molar-refractivity contribution in [2.45, 2.75) is 116 Å². The molecule has 78 heavy (non-hydrogen) atoms. The van der Waals surface area contributed by atoms with E-state index in [9.17, 15) is 43.2 Å². The molecular weight excluding hydrogens is 1010 g/mol. The maximum absolute atomic E-state index is 13.2. The van der Waals surface area contributed by atoms with Crippen LogP contribution in [0.5, 0.6) is 0 Å². The van der Waals surface area contributed by atoms with Gasteiger partial charge in [0.1, 0.15) is 17.1 Å². The Bertz CT molecular complexity index is 2900. The lowest BCUT2D eigenvalue weighted by Gasteiger charge is -2.06. The van der Waals surface area contributed by atoms with Gasteiger partial charge in [0.2, 0.25) is 29.4 Å². The van der Waals surface area contributed by atoms with E-state index in [-0.39, 0.29) is 90.9 Å². The summed E-state index contributed by atoms with van der Waals surface area (Å²) in [6, 6.07) is 4.36. The summed E-state index contributed by atoms with van der Waals surface area (Å²) in [5.74, 6) is -4.49. The average Bonchev–Trinajstić information content (AvgIpc) is 4.21. The maximum atomic E-state index is 13.2. The molecule has 0 saturated carbocycles. The zero-order chi connectivity index (χ0) is 56.7. The van der Waals surface area contributed by atoms with Crippen molar-refractivity contribution >= 4 is 81.9 Å². The van der Waals surface area contributed by atoms with Gasteiger partial charge in [-0.2, -0.15) is 0 Å². The molecule has 0 aromatic carbocycles. The number of hydrogen-bond acceptors (Lipinski definition) is 11. The van der Waals surface area contributed by atoms with Crippen LogP contribution in [0.1, 0.15) is 169 Å². The quantitative estimate of drug-likeness (QED) is 0.0225. The lowest BCUT2D eigenvalue weighted by atomic mass is 10.0. The molecule has 0 aliphatic carbocycles. The smallest absolute Gasteiger partial charge is 0.305 e. The minimum absolute atomic E-state index is 0.0328. The third-order valence-electron chi connectivity index (χ3n) is 12.6. The van der Waals surface area contributed by atoms with Gasteiger partial charge in [0.25, 0.3) is 29.5 Å². The van der Waals surface area contributed by atoms with Crippen LogP contribution in [-0.4, -0.2) is 111 Å². The number of carboxylic acids is 1. The number of amides is 8. The summed E-state index contributed by atoms with van der Waals surface area (Å²) in [6.07, 6.45) is 23.3. The molecule has 422 valence electrons. The normalized spacial score (nSPS) is 10.9. The fraction of sp³-hybridized carbons (Fsp3) is 0.491. The largest absolute Gasteiger partial charge is 0.481 e. The highest BCUT2D eigenvalue weighted by atomic mass is 16.4. The van der Waals surface area contributed by atoms with E-state index in [2.05, 4.69) is 59.4 Å². The van der Waals surface area contributed by atoms with Crippen molar-refractivity contribution in [2.24, 2.45) is 35.2 Å². The Balaban J connectivity index is 0.980. The van der Waals surface area contributed by atoms with Crippen LogP contribution in [0, 0.1) is 0 Å². The highest BCUT2D eigenvalue weighted by molar-refractivity contribution is 6.05. The van der Waals surface area contributed by atoms with E-state index in [1.54, 1.807) is 47.6 Å². The molecule has 0 spiro atoms. The molecular formula is C53H75N15O10. The summed E-state index contributed by atoms with van der Waals surface area (Å²) < 4.78 is 7.40. The third-order valence-corrected chi connectivity index (χ3v) is 12.6. The van der Waals surface area contributed by atoms with E-state index in [0.29, 0.717) is 17.8 Å². The zero-order valence-corrected chi connectivity index (χ0v) is 45.5. The number of hydrogen-bond donors (Lipinski definition) is 9. The lowest BCUT2D eigenvalue weighted by molar-refractivity contribution is -0.136. The lowest BCUT2D eigenvalue weighted by Crippen LogP contribution is -2.29. The Kier molecular flexibility index (Phi) is 23.4. The van der Waals surface area contributed by atoms with Crippen LogP contribution in [0.2, 0.25) is 0 Å². The number of unbranched alkanes of at least 4 members (excludes halogenated alkanes) is 12. The number of anilines is 5. The van der Waals surface area contributed by atoms with Crippen LogP contribution in [-0.2, 0) is 54.4 Å². The van der Waals surface area contributed by atoms with Crippen molar-refractivity contribution in [2.75, 3.05) is 46.2 Å². The van der Waals surface area contributed by atoms with Gasteiger partial charge in [0.15, 0.2) is 11.6 Å². The number of aliphatic carboxylic acids is 1. The SMILES string of the molecule is CCCCCCCCCCCCCCCC(=O)Nc1cn(C)c(C(=O)Nc2cc(C(=O)NCCC(=O)Nc3cn(C)c(C(=O)Nc4cc(C(=O)NCCC(=O)Nc5cc(C(=O)NCCC(=O)O)n(C)c5)n(C)c4)n3)n(C)c2)n1. The molecule has 0 aliphatic heterocycles. The highest BCUT2D eigenvalue weighted by Crippen LogP contribution is 2.19. The summed E-state index contributed by atoms with van der Waals surface area (Å²) >= 11 is 0. The fourth-order valence-electron chi connectivity index (χ4n) is 8.50. The monoisotopic (exact) mass is 1080 g/mol. The first kappa shape index (κ1) is 60.4. The Morgan fingerprint density at radius 2 is 0.731 bits per heavy atom. The van der Waals surface area contributed by atoms with Crippen LogP contribution in [0.25, 0.3) is 0 Å². The predicted octanol–water partition coefficient (Wildman–Crippen LogP) is 5.82. The van der Waals surface area contributed by atoms with Gasteiger partial charge in [0, 0.05) is 105 Å². The van der Waals surface area contributed by atoms with Crippen molar-refractivity contribution in [1.82, 2.24) is 48.8 Å². The number of nitrogens with one attached hydrogen (secondary N) is 8. The first-order chi connectivity index (χ1) is 37.3. The van der Waals surface area contributed by atoms with Gasteiger partial charge in [-0.15, -0.1) is 0 Å². The molecule has 0 saturated heterocycles. The number of carboxylic acid groups (broad SMARTS) is 1. The van der Waals surface area contributed by atoms with Gasteiger partial charge in [-0.05, 0) is 24.6 Å². The van der Waals surface area contributed by atoms with Crippen molar-refractivity contribution in [3.63, 3.8) is 0 Å². The molecule has 0 radical (unpaired) electrons. The number of aromatic nitrogens is 7. The van der Waals surface area contributed by atoms with Crippen molar-refractivity contribution in [3.8, 4) is 0 Å². The van der Waals surface area contributed by atoms with Gasteiger partial charge < -0.3 is 70.5 Å². The number of carbonyl (C=O) groups excluding carboxylic acids is 8. The molecule has 5 aromatic rings. The topological polar surface area (TPSA) is 321 Å². The first-order valence-electron chi connectivity index (χ1n) is 26.5. The van der Waals surface area contributed by atoms with E-state index >= 15 is 0 Å². The minimum Gasteiger partial charge on any atom is -0.481 e. The van der Waals surface area contributed by atoms with Gasteiger partial charge in [-0.1, -0.05) is 84.0 Å². The number of nitrogens with zero attached hydrogens (tertiary/aromatic N) is 7. The maximum Gasteiger partial charge on any atom is 0.305 e. The molecule has 5 heterocycles. The van der Waals surface area contributed by atoms with Gasteiger partial charge in [-0.3, -0.25) is 43.2 Å². The second-order valence-corrected chi connectivity index (χ2v) is 19.3. The molecule has 25 heteroatoms. The zero-order valence-electron chi connectivity index (χ0n) is 45.5. The molecule has 5 rings (SSSR count). The number of carbonyl (C=O) groups is 9. The molecule has 0 fully saturated rings. The van der Waals surface area contributed by atoms with E-state index in [0.717, 1.165) is 19.3 Å². The van der Waals surface area contributed by atoms with Crippen LogP contribution in [0.4, 0.5) is 28.7 Å². The minimum atomic E-state index is -1.05. The summed E-state index contributed by atoms with van der Waals surface area (Å²) in [4.78, 5) is 122. The van der Waals surface area contributed by atoms with Crippen LogP contribution in [0.15, 0.2) is 49.2 Å². The van der Waals surface area contributed by atoms with Gasteiger partial charge in [-0.25, -0.2) is 9.97 Å².